The molecule has 0 spiro atoms. The Morgan fingerprint density at radius 1 is 1.39 bits per heavy atom. The van der Waals surface area contributed by atoms with Gasteiger partial charge in [-0.25, -0.2) is 18.6 Å². The van der Waals surface area contributed by atoms with Crippen molar-refractivity contribution in [3.8, 4) is 10.4 Å². The fourth-order valence-electron chi connectivity index (χ4n) is 1.43. The summed E-state index contributed by atoms with van der Waals surface area (Å²) in [5.74, 6) is -2.46. The van der Waals surface area contributed by atoms with Crippen molar-refractivity contribution in [3.05, 3.63) is 41.0 Å². The number of hydrogen-bond donors (Lipinski definition) is 0. The lowest BCUT2D eigenvalue weighted by Crippen LogP contribution is -2.06. The van der Waals surface area contributed by atoms with E-state index in [1.165, 1.54) is 22.9 Å². The second-order valence-electron chi connectivity index (χ2n) is 3.38. The number of rotatable bonds is 3. The molecule has 0 aliphatic rings. The Labute approximate surface area is 106 Å². The van der Waals surface area contributed by atoms with Gasteiger partial charge in [-0.3, -0.25) is 0 Å². The zero-order valence-corrected chi connectivity index (χ0v) is 10.3. The van der Waals surface area contributed by atoms with Gasteiger partial charge in [-0.15, -0.1) is 11.3 Å². The highest BCUT2D eigenvalue weighted by Gasteiger charge is 2.18. The molecule has 0 unspecified atom stereocenters. The van der Waals surface area contributed by atoms with Crippen LogP contribution in [-0.4, -0.2) is 17.6 Å². The summed E-state index contributed by atoms with van der Waals surface area (Å²) in [5, 5.41) is 0. The SMILES string of the molecule is CCOC(=O)c1ncsc1-c1ccc(F)c(F)c1. The Hall–Kier alpha value is -1.82. The number of carbonyl (C=O) groups is 1. The molecular weight excluding hydrogens is 260 g/mol. The fourth-order valence-corrected chi connectivity index (χ4v) is 2.21. The molecule has 2 aromatic rings. The number of aromatic nitrogens is 1. The van der Waals surface area contributed by atoms with E-state index in [1.807, 2.05) is 0 Å². The molecule has 0 saturated carbocycles. The van der Waals surface area contributed by atoms with Gasteiger partial charge in [0.15, 0.2) is 17.3 Å². The van der Waals surface area contributed by atoms with E-state index in [9.17, 15) is 13.6 Å². The number of nitrogens with zero attached hydrogens (tertiary/aromatic N) is 1. The molecule has 2 rings (SSSR count). The van der Waals surface area contributed by atoms with E-state index in [1.54, 1.807) is 6.92 Å². The molecule has 3 nitrogen and oxygen atoms in total. The summed E-state index contributed by atoms with van der Waals surface area (Å²) >= 11 is 1.17. The molecule has 0 bridgehead atoms. The molecule has 1 heterocycles. The third kappa shape index (κ3) is 2.38. The average Bonchev–Trinajstić information content (AvgIpc) is 2.82. The van der Waals surface area contributed by atoms with Gasteiger partial charge in [-0.1, -0.05) is 6.07 Å². The minimum atomic E-state index is -0.962. The molecule has 0 fully saturated rings. The van der Waals surface area contributed by atoms with Gasteiger partial charge in [-0.05, 0) is 24.6 Å². The molecule has 0 aliphatic carbocycles. The summed E-state index contributed by atoms with van der Waals surface area (Å²) in [7, 11) is 0. The van der Waals surface area contributed by atoms with Gasteiger partial charge in [0.1, 0.15) is 0 Å². The van der Waals surface area contributed by atoms with Crippen LogP contribution in [0, 0.1) is 11.6 Å². The number of benzene rings is 1. The van der Waals surface area contributed by atoms with Gasteiger partial charge in [0.2, 0.25) is 0 Å². The lowest BCUT2D eigenvalue weighted by molar-refractivity contribution is 0.0521. The minimum absolute atomic E-state index is 0.118. The first-order chi connectivity index (χ1) is 8.63. The Balaban J connectivity index is 2.42. The van der Waals surface area contributed by atoms with Crippen LogP contribution in [0.25, 0.3) is 10.4 Å². The third-order valence-electron chi connectivity index (χ3n) is 2.22. The summed E-state index contributed by atoms with van der Waals surface area (Å²) in [4.78, 5) is 16.0. The third-order valence-corrected chi connectivity index (χ3v) is 3.09. The van der Waals surface area contributed by atoms with Crippen LogP contribution in [0.4, 0.5) is 8.78 Å². The second-order valence-corrected chi connectivity index (χ2v) is 4.23. The van der Waals surface area contributed by atoms with E-state index in [2.05, 4.69) is 4.98 Å². The molecule has 0 radical (unpaired) electrons. The summed E-state index contributed by atoms with van der Waals surface area (Å²) in [5.41, 5.74) is 1.98. The van der Waals surface area contributed by atoms with E-state index in [-0.39, 0.29) is 12.3 Å². The number of hydrogen-bond acceptors (Lipinski definition) is 4. The van der Waals surface area contributed by atoms with Gasteiger partial charge in [-0.2, -0.15) is 0 Å². The maximum atomic E-state index is 13.1. The highest BCUT2D eigenvalue weighted by Crippen LogP contribution is 2.29. The number of ether oxygens (including phenoxy) is 1. The van der Waals surface area contributed by atoms with Crippen molar-refractivity contribution >= 4 is 17.3 Å². The molecule has 6 heteroatoms. The van der Waals surface area contributed by atoms with Gasteiger partial charge in [0, 0.05) is 0 Å². The van der Waals surface area contributed by atoms with Crippen LogP contribution >= 0.6 is 11.3 Å². The van der Waals surface area contributed by atoms with Crippen LogP contribution in [0.3, 0.4) is 0 Å². The van der Waals surface area contributed by atoms with Crippen molar-refractivity contribution in [1.29, 1.82) is 0 Å². The van der Waals surface area contributed by atoms with Crippen molar-refractivity contribution in [2.75, 3.05) is 6.61 Å². The standard InChI is InChI=1S/C12H9F2NO2S/c1-2-17-12(16)10-11(18-6-15-10)7-3-4-8(13)9(14)5-7/h3-6H,2H2,1H3. The van der Waals surface area contributed by atoms with E-state index in [4.69, 9.17) is 4.74 Å². The highest BCUT2D eigenvalue weighted by molar-refractivity contribution is 7.13. The van der Waals surface area contributed by atoms with Crippen LogP contribution in [0.15, 0.2) is 23.7 Å². The van der Waals surface area contributed by atoms with Crippen molar-refractivity contribution in [1.82, 2.24) is 4.98 Å². The molecule has 1 aromatic heterocycles. The molecule has 94 valence electrons. The Morgan fingerprint density at radius 2 is 2.17 bits per heavy atom. The topological polar surface area (TPSA) is 39.2 Å². The molecule has 0 N–H and O–H groups in total. The largest absolute Gasteiger partial charge is 0.461 e. The van der Waals surface area contributed by atoms with E-state index < -0.39 is 17.6 Å². The summed E-state index contributed by atoms with van der Waals surface area (Å²) < 4.78 is 30.8. The van der Waals surface area contributed by atoms with Crippen molar-refractivity contribution in [2.45, 2.75) is 6.92 Å². The predicted molar refractivity (Wildman–Crippen MR) is 63.4 cm³/mol. The average molecular weight is 269 g/mol. The summed E-state index contributed by atoms with van der Waals surface area (Å²) in [6, 6.07) is 3.44. The molecule has 0 saturated heterocycles. The van der Waals surface area contributed by atoms with E-state index >= 15 is 0 Å². The predicted octanol–water partition coefficient (Wildman–Crippen LogP) is 3.27. The highest BCUT2D eigenvalue weighted by atomic mass is 32.1. The number of halogens is 2. The van der Waals surface area contributed by atoms with Crippen LogP contribution in [0.1, 0.15) is 17.4 Å². The van der Waals surface area contributed by atoms with Crippen LogP contribution < -0.4 is 0 Å². The molecule has 1 aromatic carbocycles. The first-order valence-corrected chi connectivity index (χ1v) is 6.07. The lowest BCUT2D eigenvalue weighted by Gasteiger charge is -2.03. The van der Waals surface area contributed by atoms with E-state index in [0.29, 0.717) is 10.4 Å². The Kier molecular flexibility index (Phi) is 3.66. The van der Waals surface area contributed by atoms with Crippen molar-refractivity contribution in [3.63, 3.8) is 0 Å². The molecular formula is C12H9F2NO2S. The summed E-state index contributed by atoms with van der Waals surface area (Å²) in [6.07, 6.45) is 0. The number of thiazole rings is 1. The normalized spacial score (nSPS) is 10.4. The van der Waals surface area contributed by atoms with Gasteiger partial charge in [0.05, 0.1) is 17.0 Å². The maximum absolute atomic E-state index is 13.1. The zero-order chi connectivity index (χ0) is 13.1. The Bertz CT molecular complexity index is 583. The maximum Gasteiger partial charge on any atom is 0.358 e. The van der Waals surface area contributed by atoms with Gasteiger partial charge >= 0.3 is 5.97 Å². The van der Waals surface area contributed by atoms with E-state index in [0.717, 1.165) is 12.1 Å². The second kappa shape index (κ2) is 5.22. The molecule has 0 amide bonds. The van der Waals surface area contributed by atoms with Crippen LogP contribution in [0.5, 0.6) is 0 Å². The zero-order valence-electron chi connectivity index (χ0n) is 9.44. The quantitative estimate of drug-likeness (QED) is 0.803. The number of esters is 1. The van der Waals surface area contributed by atoms with Crippen molar-refractivity contribution < 1.29 is 18.3 Å². The van der Waals surface area contributed by atoms with Gasteiger partial charge in [0.25, 0.3) is 0 Å². The fraction of sp³-hybridized carbons (Fsp3) is 0.167. The smallest absolute Gasteiger partial charge is 0.358 e. The first-order valence-electron chi connectivity index (χ1n) is 5.19. The Morgan fingerprint density at radius 3 is 2.83 bits per heavy atom. The molecule has 0 aliphatic heterocycles. The monoisotopic (exact) mass is 269 g/mol. The van der Waals surface area contributed by atoms with Crippen molar-refractivity contribution in [2.24, 2.45) is 0 Å². The number of carbonyl (C=O) groups excluding carboxylic acids is 1. The molecule has 0 atom stereocenters. The summed E-state index contributed by atoms with van der Waals surface area (Å²) in [6.45, 7) is 1.91. The first kappa shape index (κ1) is 12.6. The lowest BCUT2D eigenvalue weighted by atomic mass is 10.1. The van der Waals surface area contributed by atoms with Crippen LogP contribution in [-0.2, 0) is 4.74 Å². The van der Waals surface area contributed by atoms with Gasteiger partial charge < -0.3 is 4.74 Å². The molecule has 18 heavy (non-hydrogen) atoms. The minimum Gasteiger partial charge on any atom is -0.461 e. The van der Waals surface area contributed by atoms with Crippen LogP contribution in [0.2, 0.25) is 0 Å².